The van der Waals surface area contributed by atoms with Crippen LogP contribution in [0.15, 0.2) is 48.5 Å². The third-order valence-electron chi connectivity index (χ3n) is 2.38. The van der Waals surface area contributed by atoms with Crippen LogP contribution in [-0.4, -0.2) is 16.2 Å². The van der Waals surface area contributed by atoms with Gasteiger partial charge in [-0.25, -0.2) is 4.79 Å². The zero-order chi connectivity index (χ0) is 13.5. The molecule has 0 saturated heterocycles. The minimum atomic E-state index is -0.872. The summed E-state index contributed by atoms with van der Waals surface area (Å²) >= 11 is 0. The Morgan fingerprint density at radius 2 is 1.67 bits per heavy atom. The Morgan fingerprint density at radius 3 is 2.06 bits per heavy atom. The lowest BCUT2D eigenvalue weighted by atomic mass is 10.1. The fraction of sp³-hybridized carbons (Fsp3) is 0.133. The van der Waals surface area contributed by atoms with E-state index in [1.54, 1.807) is 24.3 Å². The number of carbonyl (C=O) groups is 1. The normalized spacial score (nSPS) is 9.22. The van der Waals surface area contributed by atoms with E-state index < -0.39 is 5.97 Å². The predicted molar refractivity (Wildman–Crippen MR) is 71.0 cm³/mol. The number of benzene rings is 2. The van der Waals surface area contributed by atoms with Crippen LogP contribution < -0.4 is 0 Å². The summed E-state index contributed by atoms with van der Waals surface area (Å²) < 4.78 is 0. The minimum Gasteiger partial charge on any atom is -0.508 e. The molecule has 2 N–H and O–H groups in total. The van der Waals surface area contributed by atoms with Crippen LogP contribution in [0.2, 0.25) is 0 Å². The summed E-state index contributed by atoms with van der Waals surface area (Å²) in [5.41, 5.74) is 2.24. The summed E-state index contributed by atoms with van der Waals surface area (Å²) in [5.74, 6) is -0.504. The molecule has 0 amide bonds. The van der Waals surface area contributed by atoms with Gasteiger partial charge in [0, 0.05) is 0 Å². The maximum Gasteiger partial charge on any atom is 0.335 e. The van der Waals surface area contributed by atoms with Crippen LogP contribution in [0.25, 0.3) is 0 Å². The maximum absolute atomic E-state index is 10.4. The van der Waals surface area contributed by atoms with Crippen LogP contribution >= 0.6 is 0 Å². The number of para-hydroxylation sites is 1. The van der Waals surface area contributed by atoms with Crippen molar-refractivity contribution >= 4 is 5.97 Å². The quantitative estimate of drug-likeness (QED) is 0.808. The summed E-state index contributed by atoms with van der Waals surface area (Å²) in [6, 6.07) is 14.1. The second-order valence-corrected chi connectivity index (χ2v) is 3.96. The minimum absolute atomic E-state index is 0.347. The van der Waals surface area contributed by atoms with Gasteiger partial charge in [0.2, 0.25) is 0 Å². The molecule has 0 aliphatic heterocycles. The topological polar surface area (TPSA) is 57.5 Å². The summed E-state index contributed by atoms with van der Waals surface area (Å²) in [7, 11) is 0. The van der Waals surface area contributed by atoms with E-state index in [9.17, 15) is 4.79 Å². The highest BCUT2D eigenvalue weighted by Gasteiger charge is 1.99. The van der Waals surface area contributed by atoms with Crippen LogP contribution in [0.1, 0.15) is 21.5 Å². The molecule has 0 spiro atoms. The molecule has 3 heteroatoms. The average molecular weight is 244 g/mol. The van der Waals surface area contributed by atoms with Crippen LogP contribution in [0.4, 0.5) is 0 Å². The van der Waals surface area contributed by atoms with Gasteiger partial charge >= 0.3 is 5.97 Å². The van der Waals surface area contributed by atoms with E-state index in [0.29, 0.717) is 11.3 Å². The molecule has 0 unspecified atom stereocenters. The lowest BCUT2D eigenvalue weighted by Crippen LogP contribution is -1.95. The predicted octanol–water partition coefficient (Wildman–Crippen LogP) is 3.39. The first kappa shape index (κ1) is 13.8. The van der Waals surface area contributed by atoms with Gasteiger partial charge in [-0.2, -0.15) is 0 Å². The molecule has 0 saturated carbocycles. The van der Waals surface area contributed by atoms with Crippen molar-refractivity contribution in [3.63, 3.8) is 0 Å². The van der Waals surface area contributed by atoms with Gasteiger partial charge in [0.15, 0.2) is 0 Å². The largest absolute Gasteiger partial charge is 0.508 e. The van der Waals surface area contributed by atoms with Crippen LogP contribution in [0, 0.1) is 13.8 Å². The Morgan fingerprint density at radius 1 is 1.00 bits per heavy atom. The number of rotatable bonds is 1. The second-order valence-electron chi connectivity index (χ2n) is 3.96. The van der Waals surface area contributed by atoms with E-state index in [-0.39, 0.29) is 0 Å². The fourth-order valence-corrected chi connectivity index (χ4v) is 1.34. The first-order valence-corrected chi connectivity index (χ1v) is 5.55. The zero-order valence-electron chi connectivity index (χ0n) is 10.4. The Kier molecular flexibility index (Phi) is 4.93. The first-order valence-electron chi connectivity index (χ1n) is 5.55. The monoisotopic (exact) mass is 244 g/mol. The highest BCUT2D eigenvalue weighted by Crippen LogP contribution is 2.12. The SMILES string of the molecule is Cc1cccc(C(=O)O)c1.Cc1ccccc1O. The van der Waals surface area contributed by atoms with Gasteiger partial charge < -0.3 is 10.2 Å². The number of aromatic carboxylic acids is 1. The number of hydrogen-bond acceptors (Lipinski definition) is 2. The van der Waals surface area contributed by atoms with Gasteiger partial charge in [-0.05, 0) is 37.6 Å². The van der Waals surface area contributed by atoms with Gasteiger partial charge in [0.25, 0.3) is 0 Å². The summed E-state index contributed by atoms with van der Waals surface area (Å²) in [6.07, 6.45) is 0. The fourth-order valence-electron chi connectivity index (χ4n) is 1.34. The molecule has 0 aromatic heterocycles. The molecule has 0 fully saturated rings. The molecule has 94 valence electrons. The van der Waals surface area contributed by atoms with Crippen molar-refractivity contribution in [1.82, 2.24) is 0 Å². The van der Waals surface area contributed by atoms with Crippen LogP contribution in [0.5, 0.6) is 5.75 Å². The molecule has 2 aromatic carbocycles. The molecular formula is C15H16O3. The van der Waals surface area contributed by atoms with Crippen molar-refractivity contribution in [3.8, 4) is 5.75 Å². The lowest BCUT2D eigenvalue weighted by molar-refractivity contribution is 0.0697. The van der Waals surface area contributed by atoms with E-state index >= 15 is 0 Å². The number of phenolic OH excluding ortho intramolecular Hbond substituents is 1. The van der Waals surface area contributed by atoms with Crippen molar-refractivity contribution in [2.75, 3.05) is 0 Å². The zero-order valence-corrected chi connectivity index (χ0v) is 10.4. The molecule has 0 aliphatic carbocycles. The van der Waals surface area contributed by atoms with Gasteiger partial charge in [-0.3, -0.25) is 0 Å². The number of carboxylic acid groups (broad SMARTS) is 1. The number of phenols is 1. The van der Waals surface area contributed by atoms with Gasteiger partial charge in [0.1, 0.15) is 5.75 Å². The van der Waals surface area contributed by atoms with Crippen molar-refractivity contribution in [3.05, 3.63) is 65.2 Å². The second kappa shape index (κ2) is 6.45. The molecule has 0 radical (unpaired) electrons. The number of aromatic hydroxyl groups is 1. The third kappa shape index (κ3) is 4.29. The van der Waals surface area contributed by atoms with Crippen molar-refractivity contribution in [1.29, 1.82) is 0 Å². The average Bonchev–Trinajstić information content (AvgIpc) is 2.34. The standard InChI is InChI=1S/C8H8O2.C7H8O/c1-6-3-2-4-7(5-6)8(9)10;1-6-4-2-3-5-7(6)8/h2-5H,1H3,(H,9,10);2-5,8H,1H3. The Balaban J connectivity index is 0.000000184. The molecule has 0 aliphatic rings. The first-order chi connectivity index (χ1) is 8.50. The molecule has 18 heavy (non-hydrogen) atoms. The molecular weight excluding hydrogens is 228 g/mol. The Bertz CT molecular complexity index is 512. The van der Waals surface area contributed by atoms with E-state index in [1.165, 1.54) is 0 Å². The van der Waals surface area contributed by atoms with Crippen LogP contribution in [-0.2, 0) is 0 Å². The van der Waals surface area contributed by atoms with E-state index in [0.717, 1.165) is 11.1 Å². The maximum atomic E-state index is 10.4. The highest BCUT2D eigenvalue weighted by atomic mass is 16.4. The number of hydrogen-bond donors (Lipinski definition) is 2. The molecule has 2 rings (SSSR count). The Labute approximate surface area is 106 Å². The van der Waals surface area contributed by atoms with Gasteiger partial charge in [0.05, 0.1) is 5.56 Å². The van der Waals surface area contributed by atoms with Crippen LogP contribution in [0.3, 0.4) is 0 Å². The van der Waals surface area contributed by atoms with E-state index in [1.807, 2.05) is 38.1 Å². The smallest absolute Gasteiger partial charge is 0.335 e. The lowest BCUT2D eigenvalue weighted by Gasteiger charge is -1.93. The van der Waals surface area contributed by atoms with Crippen molar-refractivity contribution < 1.29 is 15.0 Å². The highest BCUT2D eigenvalue weighted by molar-refractivity contribution is 5.87. The number of aryl methyl sites for hydroxylation is 2. The molecule has 3 nitrogen and oxygen atoms in total. The third-order valence-corrected chi connectivity index (χ3v) is 2.38. The van der Waals surface area contributed by atoms with Crippen molar-refractivity contribution in [2.45, 2.75) is 13.8 Å². The molecule has 0 atom stereocenters. The molecule has 0 heterocycles. The summed E-state index contributed by atoms with van der Waals surface area (Å²) in [4.78, 5) is 10.4. The molecule has 2 aromatic rings. The van der Waals surface area contributed by atoms with E-state index in [4.69, 9.17) is 10.2 Å². The van der Waals surface area contributed by atoms with Gasteiger partial charge in [-0.15, -0.1) is 0 Å². The Hall–Kier alpha value is -2.29. The van der Waals surface area contributed by atoms with E-state index in [2.05, 4.69) is 0 Å². The summed E-state index contributed by atoms with van der Waals surface area (Å²) in [5, 5.41) is 17.4. The summed E-state index contributed by atoms with van der Waals surface area (Å²) in [6.45, 7) is 3.74. The van der Waals surface area contributed by atoms with Gasteiger partial charge in [-0.1, -0.05) is 35.9 Å². The number of carboxylic acids is 1. The molecule has 0 bridgehead atoms. The van der Waals surface area contributed by atoms with Crippen molar-refractivity contribution in [2.24, 2.45) is 0 Å².